The Morgan fingerprint density at radius 1 is 1.24 bits per heavy atom. The van der Waals surface area contributed by atoms with Crippen molar-refractivity contribution in [1.82, 2.24) is 5.32 Å². The van der Waals surface area contributed by atoms with Gasteiger partial charge in [0.05, 0.1) is 0 Å². The second-order valence-corrected chi connectivity index (χ2v) is 5.23. The molecule has 0 radical (unpaired) electrons. The van der Waals surface area contributed by atoms with Crippen LogP contribution >= 0.6 is 0 Å². The number of rotatable bonds is 7. The highest BCUT2D eigenvalue weighted by Crippen LogP contribution is 2.26. The van der Waals surface area contributed by atoms with Gasteiger partial charge in [0.2, 0.25) is 5.91 Å². The van der Waals surface area contributed by atoms with Crippen LogP contribution in [0.2, 0.25) is 0 Å². The van der Waals surface area contributed by atoms with Crippen molar-refractivity contribution >= 4 is 5.91 Å². The minimum Gasteiger partial charge on any atom is -0.353 e. The van der Waals surface area contributed by atoms with Crippen LogP contribution in [0.4, 0.5) is 0 Å². The first-order chi connectivity index (χ1) is 8.27. The standard InChI is InChI=1S/C14H28N2O/c1-2-12-8-5-6-9-13(12)16-14(17)10-4-3-7-11-15/h12-13H,2-11,15H2,1H3,(H,16,17). The summed E-state index contributed by atoms with van der Waals surface area (Å²) in [5.74, 6) is 0.948. The molecule has 0 aromatic carbocycles. The van der Waals surface area contributed by atoms with Crippen molar-refractivity contribution in [2.75, 3.05) is 6.54 Å². The Bertz CT molecular complexity index is 218. The van der Waals surface area contributed by atoms with Crippen molar-refractivity contribution in [2.24, 2.45) is 11.7 Å². The molecule has 3 N–H and O–H groups in total. The maximum Gasteiger partial charge on any atom is 0.220 e. The Morgan fingerprint density at radius 3 is 2.71 bits per heavy atom. The minimum absolute atomic E-state index is 0.243. The van der Waals surface area contributed by atoms with E-state index in [4.69, 9.17) is 5.73 Å². The molecule has 0 spiro atoms. The molecular weight excluding hydrogens is 212 g/mol. The monoisotopic (exact) mass is 240 g/mol. The zero-order chi connectivity index (χ0) is 12.5. The van der Waals surface area contributed by atoms with E-state index in [1.807, 2.05) is 0 Å². The highest BCUT2D eigenvalue weighted by atomic mass is 16.1. The van der Waals surface area contributed by atoms with Gasteiger partial charge in [-0.15, -0.1) is 0 Å². The van der Waals surface area contributed by atoms with Gasteiger partial charge in [-0.3, -0.25) is 4.79 Å². The first-order valence-electron chi connectivity index (χ1n) is 7.27. The maximum atomic E-state index is 11.8. The molecule has 0 aromatic heterocycles. The van der Waals surface area contributed by atoms with Crippen LogP contribution in [0.15, 0.2) is 0 Å². The zero-order valence-corrected chi connectivity index (χ0v) is 11.2. The summed E-state index contributed by atoms with van der Waals surface area (Å²) in [5.41, 5.74) is 5.43. The molecular formula is C14H28N2O. The lowest BCUT2D eigenvalue weighted by atomic mass is 9.83. The van der Waals surface area contributed by atoms with Crippen LogP contribution in [0, 0.1) is 5.92 Å². The van der Waals surface area contributed by atoms with Gasteiger partial charge in [0.15, 0.2) is 0 Å². The fraction of sp³-hybridized carbons (Fsp3) is 0.929. The van der Waals surface area contributed by atoms with Crippen LogP contribution in [0.1, 0.15) is 64.7 Å². The third kappa shape index (κ3) is 5.53. The lowest BCUT2D eigenvalue weighted by molar-refractivity contribution is -0.122. The molecule has 0 aromatic rings. The Kier molecular flexibility index (Phi) is 7.25. The summed E-state index contributed by atoms with van der Waals surface area (Å²) in [7, 11) is 0. The third-order valence-electron chi connectivity index (χ3n) is 3.89. The van der Waals surface area contributed by atoms with E-state index in [-0.39, 0.29) is 5.91 Å². The quantitative estimate of drug-likeness (QED) is 0.672. The number of carbonyl (C=O) groups is 1. The molecule has 17 heavy (non-hydrogen) atoms. The Labute approximate surface area is 106 Å². The lowest BCUT2D eigenvalue weighted by Crippen LogP contribution is -2.41. The predicted octanol–water partition coefficient (Wildman–Crippen LogP) is 2.59. The molecule has 1 amide bonds. The van der Waals surface area contributed by atoms with Gasteiger partial charge in [-0.05, 0) is 38.1 Å². The number of nitrogens with one attached hydrogen (secondary N) is 1. The van der Waals surface area contributed by atoms with Crippen LogP contribution < -0.4 is 11.1 Å². The van der Waals surface area contributed by atoms with Crippen molar-refractivity contribution in [2.45, 2.75) is 70.8 Å². The first kappa shape index (κ1) is 14.5. The van der Waals surface area contributed by atoms with Gasteiger partial charge in [0.25, 0.3) is 0 Å². The molecule has 0 saturated heterocycles. The zero-order valence-electron chi connectivity index (χ0n) is 11.2. The van der Waals surface area contributed by atoms with Crippen molar-refractivity contribution in [1.29, 1.82) is 0 Å². The largest absolute Gasteiger partial charge is 0.353 e. The molecule has 0 heterocycles. The summed E-state index contributed by atoms with van der Waals surface area (Å²) in [6, 6.07) is 0.441. The second-order valence-electron chi connectivity index (χ2n) is 5.23. The number of carbonyl (C=O) groups excluding carboxylic acids is 1. The lowest BCUT2D eigenvalue weighted by Gasteiger charge is -2.31. The predicted molar refractivity (Wildman–Crippen MR) is 71.7 cm³/mol. The molecule has 100 valence electrons. The first-order valence-corrected chi connectivity index (χ1v) is 7.27. The van der Waals surface area contributed by atoms with Crippen LogP contribution in [-0.2, 0) is 4.79 Å². The molecule has 1 rings (SSSR count). The van der Waals surface area contributed by atoms with Gasteiger partial charge in [-0.25, -0.2) is 0 Å². The van der Waals surface area contributed by atoms with Crippen LogP contribution in [0.25, 0.3) is 0 Å². The van der Waals surface area contributed by atoms with Crippen molar-refractivity contribution in [3.8, 4) is 0 Å². The molecule has 2 atom stereocenters. The van der Waals surface area contributed by atoms with Crippen molar-refractivity contribution in [3.05, 3.63) is 0 Å². The molecule has 2 unspecified atom stereocenters. The smallest absolute Gasteiger partial charge is 0.220 e. The molecule has 1 saturated carbocycles. The topological polar surface area (TPSA) is 55.1 Å². The molecule has 1 aliphatic rings. The Morgan fingerprint density at radius 2 is 2.00 bits per heavy atom. The highest BCUT2D eigenvalue weighted by molar-refractivity contribution is 5.76. The highest BCUT2D eigenvalue weighted by Gasteiger charge is 2.24. The fourth-order valence-electron chi connectivity index (χ4n) is 2.77. The average Bonchev–Trinajstić information content (AvgIpc) is 2.35. The molecule has 1 aliphatic carbocycles. The van der Waals surface area contributed by atoms with Gasteiger partial charge in [-0.2, -0.15) is 0 Å². The number of amides is 1. The summed E-state index contributed by atoms with van der Waals surface area (Å²) in [6.07, 6.45) is 10.0. The van der Waals surface area contributed by atoms with E-state index in [1.54, 1.807) is 0 Å². The van der Waals surface area contributed by atoms with Crippen LogP contribution in [-0.4, -0.2) is 18.5 Å². The van der Waals surface area contributed by atoms with Gasteiger partial charge >= 0.3 is 0 Å². The van der Waals surface area contributed by atoms with Crippen LogP contribution in [0.3, 0.4) is 0 Å². The Balaban J connectivity index is 2.19. The molecule has 0 bridgehead atoms. The summed E-state index contributed by atoms with van der Waals surface area (Å²) in [6.45, 7) is 2.97. The second kappa shape index (κ2) is 8.51. The Hall–Kier alpha value is -0.570. The fourth-order valence-corrected chi connectivity index (χ4v) is 2.77. The third-order valence-corrected chi connectivity index (χ3v) is 3.89. The van der Waals surface area contributed by atoms with E-state index >= 15 is 0 Å². The van der Waals surface area contributed by atoms with Gasteiger partial charge in [0.1, 0.15) is 0 Å². The number of hydrogen-bond donors (Lipinski definition) is 2. The molecule has 3 heteroatoms. The summed E-state index contributed by atoms with van der Waals surface area (Å²) < 4.78 is 0. The molecule has 1 fully saturated rings. The van der Waals surface area contributed by atoms with Gasteiger partial charge < -0.3 is 11.1 Å². The summed E-state index contributed by atoms with van der Waals surface area (Å²) in [4.78, 5) is 11.8. The van der Waals surface area contributed by atoms with E-state index < -0.39 is 0 Å². The SMILES string of the molecule is CCC1CCCCC1NC(=O)CCCCCN. The van der Waals surface area contributed by atoms with E-state index in [9.17, 15) is 4.79 Å². The van der Waals surface area contributed by atoms with E-state index in [1.165, 1.54) is 32.1 Å². The minimum atomic E-state index is 0.243. The van der Waals surface area contributed by atoms with Crippen molar-refractivity contribution in [3.63, 3.8) is 0 Å². The van der Waals surface area contributed by atoms with Gasteiger partial charge in [0, 0.05) is 12.5 Å². The van der Waals surface area contributed by atoms with E-state index in [0.717, 1.165) is 25.8 Å². The van der Waals surface area contributed by atoms with Crippen molar-refractivity contribution < 1.29 is 4.79 Å². The van der Waals surface area contributed by atoms with E-state index in [0.29, 0.717) is 18.4 Å². The number of unbranched alkanes of at least 4 members (excludes halogenated alkanes) is 2. The van der Waals surface area contributed by atoms with Crippen LogP contribution in [0.5, 0.6) is 0 Å². The summed E-state index contributed by atoms with van der Waals surface area (Å²) in [5, 5.41) is 3.23. The maximum absolute atomic E-state index is 11.8. The van der Waals surface area contributed by atoms with E-state index in [2.05, 4.69) is 12.2 Å². The number of hydrogen-bond acceptors (Lipinski definition) is 2. The molecule has 3 nitrogen and oxygen atoms in total. The normalized spacial score (nSPS) is 24.6. The molecule has 0 aliphatic heterocycles. The van der Waals surface area contributed by atoms with Gasteiger partial charge in [-0.1, -0.05) is 32.6 Å². The average molecular weight is 240 g/mol. The summed E-state index contributed by atoms with van der Waals surface area (Å²) >= 11 is 0. The number of nitrogens with two attached hydrogens (primary N) is 1.